The zero-order chi connectivity index (χ0) is 27.5. The number of carbonyl (C=O) groups excluding carboxylic acids is 1. The van der Waals surface area contributed by atoms with Crippen molar-refractivity contribution in [2.75, 3.05) is 20.3 Å². The van der Waals surface area contributed by atoms with Gasteiger partial charge >= 0.3 is 0 Å². The fourth-order valence-electron chi connectivity index (χ4n) is 3.87. The lowest BCUT2D eigenvalue weighted by Gasteiger charge is -2.20. The maximum absolute atomic E-state index is 12.9. The topological polar surface area (TPSA) is 96.6 Å². The number of ether oxygens (including phenoxy) is 3. The van der Waals surface area contributed by atoms with Crippen molar-refractivity contribution in [2.45, 2.75) is 13.8 Å². The van der Waals surface area contributed by atoms with E-state index in [-0.39, 0.29) is 18.0 Å². The smallest absolute Gasteiger partial charge is 0.283 e. The molecule has 2 aliphatic rings. The van der Waals surface area contributed by atoms with Crippen molar-refractivity contribution in [1.82, 2.24) is 5.01 Å². The maximum Gasteiger partial charge on any atom is 0.283 e. The van der Waals surface area contributed by atoms with E-state index in [0.29, 0.717) is 38.9 Å². The number of hydrogen-bond donors (Lipinski definition) is 1. The van der Waals surface area contributed by atoms with E-state index in [1.54, 1.807) is 18.2 Å². The lowest BCUT2D eigenvalue weighted by molar-refractivity contribution is -0.114. The number of thioether (sulfide) groups is 1. The molecule has 198 valence electrons. The Hall–Kier alpha value is -4.08. The Bertz CT molecular complexity index is 1530. The monoisotopic (exact) mass is 560 g/mol. The molecule has 10 heteroatoms. The van der Waals surface area contributed by atoms with Crippen LogP contribution >= 0.6 is 23.4 Å². The van der Waals surface area contributed by atoms with Gasteiger partial charge in [0.1, 0.15) is 24.0 Å². The van der Waals surface area contributed by atoms with Crippen LogP contribution < -0.4 is 14.2 Å². The van der Waals surface area contributed by atoms with Crippen LogP contribution in [0.2, 0.25) is 5.02 Å². The van der Waals surface area contributed by atoms with E-state index in [0.717, 1.165) is 22.4 Å². The van der Waals surface area contributed by atoms with Crippen LogP contribution in [0.15, 0.2) is 76.3 Å². The lowest BCUT2D eigenvalue weighted by Crippen LogP contribution is -2.35. The number of nitrogens with one attached hydrogen (secondary N) is 1. The predicted octanol–water partition coefficient (Wildman–Crippen LogP) is 6.09. The van der Waals surface area contributed by atoms with E-state index in [1.165, 1.54) is 23.9 Å². The molecule has 2 aliphatic heterocycles. The van der Waals surface area contributed by atoms with E-state index >= 15 is 0 Å². The van der Waals surface area contributed by atoms with E-state index in [1.807, 2.05) is 62.4 Å². The molecule has 0 saturated heterocycles. The summed E-state index contributed by atoms with van der Waals surface area (Å²) < 4.78 is 17.1. The molecule has 1 amide bonds. The van der Waals surface area contributed by atoms with Crippen LogP contribution in [-0.2, 0) is 4.79 Å². The SMILES string of the molecule is COc1cc(/C=C2/C(=N)N3N=C(c4ccc(C)cc4)SC3=NC2=O)cc(Cl)c1OCCOc1ccc(C)cc1. The molecule has 0 spiro atoms. The summed E-state index contributed by atoms with van der Waals surface area (Å²) in [5, 5.41) is 15.9. The van der Waals surface area contributed by atoms with Gasteiger partial charge in [-0.25, -0.2) is 0 Å². The molecule has 3 aromatic rings. The van der Waals surface area contributed by atoms with E-state index in [4.69, 9.17) is 31.2 Å². The Morgan fingerprint density at radius 3 is 2.36 bits per heavy atom. The Balaban J connectivity index is 1.31. The van der Waals surface area contributed by atoms with Crippen molar-refractivity contribution in [2.24, 2.45) is 10.1 Å². The molecule has 0 atom stereocenters. The molecular weight excluding hydrogens is 536 g/mol. The second kappa shape index (κ2) is 11.3. The number of fused-ring (bicyclic) bond motifs is 1. The molecule has 0 radical (unpaired) electrons. The number of hydrogen-bond acceptors (Lipinski definition) is 7. The minimum Gasteiger partial charge on any atom is -0.493 e. The number of halogens is 1. The van der Waals surface area contributed by atoms with Crippen molar-refractivity contribution >= 4 is 51.4 Å². The molecule has 3 aromatic carbocycles. The molecule has 2 heterocycles. The molecule has 5 rings (SSSR count). The number of carbonyl (C=O) groups is 1. The van der Waals surface area contributed by atoms with Crippen LogP contribution in [0.25, 0.3) is 6.08 Å². The van der Waals surface area contributed by atoms with Gasteiger partial charge in [-0.1, -0.05) is 59.1 Å². The number of hydrazone groups is 1. The molecule has 39 heavy (non-hydrogen) atoms. The molecular formula is C29H25ClN4O4S. The van der Waals surface area contributed by atoms with Crippen LogP contribution in [0.3, 0.4) is 0 Å². The van der Waals surface area contributed by atoms with Gasteiger partial charge in [-0.3, -0.25) is 10.2 Å². The number of aliphatic imine (C=N–C) groups is 1. The van der Waals surface area contributed by atoms with Crippen LogP contribution in [0.1, 0.15) is 22.3 Å². The van der Waals surface area contributed by atoms with Gasteiger partial charge in [-0.2, -0.15) is 15.1 Å². The largest absolute Gasteiger partial charge is 0.493 e. The van der Waals surface area contributed by atoms with Gasteiger partial charge < -0.3 is 14.2 Å². The molecule has 0 unspecified atom stereocenters. The Morgan fingerprint density at radius 1 is 1.00 bits per heavy atom. The van der Waals surface area contributed by atoms with Crippen molar-refractivity contribution in [3.8, 4) is 17.2 Å². The molecule has 0 aromatic heterocycles. The highest BCUT2D eigenvalue weighted by atomic mass is 35.5. The van der Waals surface area contributed by atoms with Crippen LogP contribution in [0.5, 0.6) is 17.2 Å². The molecule has 1 N–H and O–H groups in total. The lowest BCUT2D eigenvalue weighted by atomic mass is 10.1. The first-order chi connectivity index (χ1) is 18.8. The fraction of sp³-hybridized carbons (Fsp3) is 0.172. The third kappa shape index (κ3) is 5.84. The number of methoxy groups -OCH3 is 1. The number of rotatable bonds is 8. The summed E-state index contributed by atoms with van der Waals surface area (Å²) in [5.41, 5.74) is 3.83. The van der Waals surface area contributed by atoms with Gasteiger partial charge in [-0.05, 0) is 61.5 Å². The van der Waals surface area contributed by atoms with Crippen molar-refractivity contribution in [1.29, 1.82) is 5.41 Å². The number of aryl methyl sites for hydroxylation is 2. The summed E-state index contributed by atoms with van der Waals surface area (Å²) in [7, 11) is 1.51. The van der Waals surface area contributed by atoms with Gasteiger partial charge in [-0.15, -0.1) is 0 Å². The third-order valence-electron chi connectivity index (χ3n) is 5.94. The normalized spacial score (nSPS) is 15.7. The summed E-state index contributed by atoms with van der Waals surface area (Å²) >= 11 is 7.78. The first kappa shape index (κ1) is 26.5. The summed E-state index contributed by atoms with van der Waals surface area (Å²) in [4.78, 5) is 17.0. The Kier molecular flexibility index (Phi) is 7.72. The molecule has 0 aliphatic carbocycles. The maximum atomic E-state index is 12.9. The highest BCUT2D eigenvalue weighted by Crippen LogP contribution is 2.38. The number of amidine groups is 2. The first-order valence-electron chi connectivity index (χ1n) is 12.1. The Morgan fingerprint density at radius 2 is 1.67 bits per heavy atom. The number of amides is 1. The van der Waals surface area contributed by atoms with Gasteiger partial charge in [0.25, 0.3) is 5.91 Å². The standard InChI is InChI=1S/C29H25ClN4O4S/c1-17-4-8-20(9-5-17)28-33-34-26(31)22(27(35)32-29(34)39-28)14-19-15-23(30)25(24(16-19)36-3)38-13-12-37-21-10-6-18(2)7-11-21/h4-11,14-16,31H,12-13H2,1-3H3/b22-14-,31-26?. The van der Waals surface area contributed by atoms with E-state index in [2.05, 4.69) is 10.1 Å². The van der Waals surface area contributed by atoms with Gasteiger partial charge in [0.15, 0.2) is 17.3 Å². The second-order valence-electron chi connectivity index (χ2n) is 8.84. The second-order valence-corrected chi connectivity index (χ2v) is 10.2. The number of nitrogens with zero attached hydrogens (tertiary/aromatic N) is 3. The molecule has 0 bridgehead atoms. The molecule has 0 saturated carbocycles. The van der Waals surface area contributed by atoms with Gasteiger partial charge in [0.2, 0.25) is 5.17 Å². The van der Waals surface area contributed by atoms with Gasteiger partial charge in [0, 0.05) is 5.56 Å². The minimum absolute atomic E-state index is 0.0664. The number of benzene rings is 3. The fourth-order valence-corrected chi connectivity index (χ4v) is 5.04. The third-order valence-corrected chi connectivity index (χ3v) is 7.17. The van der Waals surface area contributed by atoms with Crippen LogP contribution in [-0.4, -0.2) is 47.3 Å². The highest BCUT2D eigenvalue weighted by molar-refractivity contribution is 8.27. The van der Waals surface area contributed by atoms with E-state index in [9.17, 15) is 4.79 Å². The van der Waals surface area contributed by atoms with Crippen LogP contribution in [0, 0.1) is 19.3 Å². The average molecular weight is 561 g/mol. The highest BCUT2D eigenvalue weighted by Gasteiger charge is 2.36. The zero-order valence-corrected chi connectivity index (χ0v) is 23.1. The van der Waals surface area contributed by atoms with Gasteiger partial charge in [0.05, 0.1) is 17.7 Å². The van der Waals surface area contributed by atoms with E-state index < -0.39 is 5.91 Å². The average Bonchev–Trinajstić information content (AvgIpc) is 3.35. The zero-order valence-electron chi connectivity index (χ0n) is 21.5. The Labute approximate surface area is 235 Å². The first-order valence-corrected chi connectivity index (χ1v) is 13.3. The minimum atomic E-state index is -0.525. The molecule has 8 nitrogen and oxygen atoms in total. The molecule has 0 fully saturated rings. The summed E-state index contributed by atoms with van der Waals surface area (Å²) in [6.45, 7) is 4.59. The van der Waals surface area contributed by atoms with Crippen molar-refractivity contribution in [3.05, 3.63) is 93.5 Å². The summed E-state index contributed by atoms with van der Waals surface area (Å²) in [6.07, 6.45) is 1.55. The van der Waals surface area contributed by atoms with Crippen molar-refractivity contribution in [3.63, 3.8) is 0 Å². The summed E-state index contributed by atoms with van der Waals surface area (Å²) in [6, 6.07) is 19.0. The predicted molar refractivity (Wildman–Crippen MR) is 155 cm³/mol. The quantitative estimate of drug-likeness (QED) is 0.264. The summed E-state index contributed by atoms with van der Waals surface area (Å²) in [5.74, 6) is 0.912. The van der Waals surface area contributed by atoms with Crippen molar-refractivity contribution < 1.29 is 19.0 Å². The van der Waals surface area contributed by atoms with Crippen LogP contribution in [0.4, 0.5) is 0 Å².